The van der Waals surface area contributed by atoms with Crippen molar-refractivity contribution in [1.82, 2.24) is 14.6 Å². The number of nitrogens with zero attached hydrogens (tertiary/aromatic N) is 2. The summed E-state index contributed by atoms with van der Waals surface area (Å²) >= 11 is 6.08. The second-order valence-corrected chi connectivity index (χ2v) is 7.20. The normalized spacial score (nSPS) is 15.8. The van der Waals surface area contributed by atoms with Gasteiger partial charge < -0.3 is 4.90 Å². The van der Waals surface area contributed by atoms with E-state index in [1.165, 1.54) is 42.0 Å². The molecular weight excluding hydrogens is 476 g/mol. The van der Waals surface area contributed by atoms with E-state index in [-0.39, 0.29) is 6.04 Å². The molecule has 21 heavy (non-hydrogen) atoms. The van der Waals surface area contributed by atoms with Gasteiger partial charge >= 0.3 is 48.6 Å². The summed E-state index contributed by atoms with van der Waals surface area (Å²) in [6.07, 6.45) is 7.10. The number of hydrogen-bond acceptors (Lipinski definition) is 4. The third-order valence-corrected chi connectivity index (χ3v) is 4.97. The maximum Gasteiger partial charge on any atom is 0.0603 e. The van der Waals surface area contributed by atoms with Crippen molar-refractivity contribution in [2.75, 3.05) is 19.6 Å². The van der Waals surface area contributed by atoms with Gasteiger partial charge in [-0.15, -0.1) is 0 Å². The molecule has 0 spiro atoms. The molecule has 1 aromatic heterocycles. The van der Waals surface area contributed by atoms with E-state index >= 15 is 0 Å². The molecule has 1 atom stereocenters. The first-order valence-corrected chi connectivity index (χ1v) is 10.3. The van der Waals surface area contributed by atoms with Gasteiger partial charge in [-0.1, -0.05) is 18.9 Å². The third kappa shape index (κ3) is 7.92. The number of likely N-dealkylation sites (tertiary alicyclic amines) is 1. The Kier molecular flexibility index (Phi) is 10.9. The van der Waals surface area contributed by atoms with Crippen molar-refractivity contribution < 1.29 is 24.7 Å². The monoisotopic (exact) mass is 504 g/mol. The fourth-order valence-corrected chi connectivity index (χ4v) is 3.31. The topological polar surface area (TPSA) is 28.2 Å². The molecule has 5 heteroatoms. The Morgan fingerprint density at radius 1 is 1.43 bits per heavy atom. The summed E-state index contributed by atoms with van der Waals surface area (Å²) in [5.41, 5.74) is 2.28. The van der Waals surface area contributed by atoms with Gasteiger partial charge in [0, 0.05) is 12.7 Å². The molecule has 0 aliphatic carbocycles. The van der Waals surface area contributed by atoms with Crippen LogP contribution in [0.1, 0.15) is 49.9 Å². The van der Waals surface area contributed by atoms with E-state index in [0.29, 0.717) is 0 Å². The van der Waals surface area contributed by atoms with E-state index in [1.54, 1.807) is 0 Å². The smallest absolute Gasteiger partial charge is 0.0603 e. The number of aromatic nitrogens is 1. The van der Waals surface area contributed by atoms with Crippen LogP contribution >= 0.6 is 12.8 Å². The van der Waals surface area contributed by atoms with Crippen molar-refractivity contribution in [1.29, 1.82) is 0 Å². The minimum absolute atomic E-state index is 0.254. The maximum atomic E-state index is 4.44. The number of thiol groups is 1. The van der Waals surface area contributed by atoms with E-state index in [1.807, 2.05) is 30.9 Å². The zero-order valence-corrected chi connectivity index (χ0v) is 17.0. The van der Waals surface area contributed by atoms with E-state index < -0.39 is 0 Å². The molecule has 1 aromatic rings. The fraction of sp³-hybridized carbons (Fsp3) is 0.688. The molecule has 1 fully saturated rings. The average molecular weight is 504 g/mol. The SMILES string of the molecule is CCCC[At].Cc1ccc(C(CCN2CCC2)NS)nc1. The minimum atomic E-state index is 0.254. The number of unbranched alkanes of at least 4 members (excludes halogenated alkanes) is 1. The van der Waals surface area contributed by atoms with Crippen LogP contribution in [0.5, 0.6) is 0 Å². The summed E-state index contributed by atoms with van der Waals surface area (Å²) in [7, 11) is 0. The maximum absolute atomic E-state index is 4.44. The molecule has 1 aliphatic rings. The molecule has 2 heterocycles. The Morgan fingerprint density at radius 3 is 2.57 bits per heavy atom. The van der Waals surface area contributed by atoms with Crippen LogP contribution in [-0.2, 0) is 0 Å². The molecule has 0 radical (unpaired) electrons. The van der Waals surface area contributed by atoms with Crippen LogP contribution in [0.3, 0.4) is 0 Å². The van der Waals surface area contributed by atoms with Crippen LogP contribution in [-0.4, -0.2) is 29.5 Å². The number of rotatable bonds is 7. The molecule has 0 amide bonds. The number of pyridine rings is 1. The van der Waals surface area contributed by atoms with Gasteiger partial charge in [-0.25, -0.2) is 0 Å². The van der Waals surface area contributed by atoms with Crippen molar-refractivity contribution in [3.63, 3.8) is 0 Å². The summed E-state index contributed by atoms with van der Waals surface area (Å²) in [6, 6.07) is 4.44. The molecule has 0 bridgehead atoms. The van der Waals surface area contributed by atoms with Gasteiger partial charge in [0.15, 0.2) is 0 Å². The predicted molar refractivity (Wildman–Crippen MR) is 89.2 cm³/mol. The van der Waals surface area contributed by atoms with Gasteiger partial charge in [0.25, 0.3) is 0 Å². The number of nitrogens with one attached hydrogen (secondary N) is 1. The zero-order valence-electron chi connectivity index (χ0n) is 13.2. The van der Waals surface area contributed by atoms with Crippen molar-refractivity contribution in [2.24, 2.45) is 0 Å². The third-order valence-electron chi connectivity index (χ3n) is 3.62. The molecule has 3 nitrogen and oxygen atoms in total. The Bertz CT molecular complexity index is 366. The van der Waals surface area contributed by atoms with E-state index in [9.17, 15) is 0 Å². The molecule has 2 rings (SSSR count). The van der Waals surface area contributed by atoms with E-state index in [0.717, 1.165) is 18.7 Å². The van der Waals surface area contributed by atoms with Crippen molar-refractivity contribution in [3.8, 4) is 0 Å². The van der Waals surface area contributed by atoms with Crippen LogP contribution in [0.4, 0.5) is 0 Å². The first-order valence-electron chi connectivity index (χ1n) is 7.81. The second-order valence-electron chi connectivity index (χ2n) is 5.47. The fourth-order valence-electron chi connectivity index (χ4n) is 2.01. The summed E-state index contributed by atoms with van der Waals surface area (Å²) in [5, 5.41) is 0. The summed E-state index contributed by atoms with van der Waals surface area (Å²) < 4.78 is 4.45. The number of aryl methyl sites for hydroxylation is 1. The molecule has 1 aliphatic heterocycles. The number of hydrogen-bond donors (Lipinski definition) is 2. The van der Waals surface area contributed by atoms with Crippen molar-refractivity contribution in [2.45, 2.75) is 49.7 Å². The first kappa shape index (κ1) is 19.4. The van der Waals surface area contributed by atoms with Gasteiger partial charge in [-0.05, 0) is 44.5 Å². The van der Waals surface area contributed by atoms with Gasteiger partial charge in [0.2, 0.25) is 0 Å². The average Bonchev–Trinajstić information content (AvgIpc) is 2.45. The van der Waals surface area contributed by atoms with Crippen LogP contribution < -0.4 is 4.72 Å². The molecular formula is C16H28AtN3S. The minimum Gasteiger partial charge on any atom is -0.303 e. The van der Waals surface area contributed by atoms with Gasteiger partial charge in [0.1, 0.15) is 0 Å². The van der Waals surface area contributed by atoms with Gasteiger partial charge in [-0.3, -0.25) is 9.71 Å². The largest absolute Gasteiger partial charge is 0.303 e. The Balaban J connectivity index is 0.000000383. The van der Waals surface area contributed by atoms with Crippen molar-refractivity contribution >= 4 is 12.8 Å². The predicted octanol–water partition coefficient (Wildman–Crippen LogP) is 3.72. The Labute approximate surface area is 150 Å². The second kappa shape index (κ2) is 11.8. The molecule has 120 valence electrons. The van der Waals surface area contributed by atoms with Crippen LogP contribution in [0.25, 0.3) is 0 Å². The molecule has 1 N–H and O–H groups in total. The molecule has 1 unspecified atom stereocenters. The van der Waals surface area contributed by atoms with Gasteiger partial charge in [-0.2, -0.15) is 0 Å². The zero-order chi connectivity index (χ0) is 15.5. The standard InChI is InChI=1S/C12H19N3S.C4H9At/c1-10-3-4-11(13-9-10)12(14-16)5-8-15-6-2-7-15;1-2-3-4-5/h3-4,9,12,14,16H,2,5-8H2,1H3;2-4H2,1H3. The Morgan fingerprint density at radius 2 is 2.19 bits per heavy atom. The summed E-state index contributed by atoms with van der Waals surface area (Å²) in [5.74, 6) is 0. The first-order chi connectivity index (χ1) is 10.2. The molecule has 0 saturated carbocycles. The van der Waals surface area contributed by atoms with E-state index in [4.69, 9.17) is 0 Å². The van der Waals surface area contributed by atoms with E-state index in [2.05, 4.69) is 53.4 Å². The summed E-state index contributed by atoms with van der Waals surface area (Å²) in [4.78, 5) is 6.91. The van der Waals surface area contributed by atoms with Crippen LogP contribution in [0.15, 0.2) is 18.3 Å². The molecule has 1 saturated heterocycles. The van der Waals surface area contributed by atoms with Crippen LogP contribution in [0.2, 0.25) is 4.13 Å². The van der Waals surface area contributed by atoms with Crippen molar-refractivity contribution in [3.05, 3.63) is 29.6 Å². The quantitative estimate of drug-likeness (QED) is 0.555. The molecule has 0 aromatic carbocycles. The van der Waals surface area contributed by atoms with Gasteiger partial charge in [0.05, 0.1) is 11.7 Å². The van der Waals surface area contributed by atoms with Crippen LogP contribution in [0, 0.1) is 31.6 Å². The Hall–Kier alpha value is 0.303. The summed E-state index contributed by atoms with van der Waals surface area (Å²) in [6.45, 7) is 7.91.